The zero-order valence-corrected chi connectivity index (χ0v) is 26.5. The van der Waals surface area contributed by atoms with E-state index in [0.717, 1.165) is 48.7 Å². The number of carbonyl (C=O) groups excluding carboxylic acids is 1. The predicted molar refractivity (Wildman–Crippen MR) is 158 cm³/mol. The zero-order valence-electron chi connectivity index (χ0n) is 24.7. The van der Waals surface area contributed by atoms with Crippen molar-refractivity contribution in [2.75, 3.05) is 0 Å². The Morgan fingerprint density at radius 2 is 1.85 bits per heavy atom. The number of fused-ring (bicyclic) bond motifs is 3. The molecule has 0 spiro atoms. The molecular weight excluding hydrogens is 528 g/mol. The second-order valence-corrected chi connectivity index (χ2v) is 19.3. The molecule has 0 radical (unpaired) electrons. The molecule has 2 aliphatic rings. The van der Waals surface area contributed by atoms with E-state index in [1.807, 2.05) is 20.8 Å². The van der Waals surface area contributed by atoms with Crippen molar-refractivity contribution in [2.24, 2.45) is 0 Å². The molecular formula is C29H44N4O4SSi. The second-order valence-electron chi connectivity index (χ2n) is 13.5. The molecule has 2 atom stereocenters. The smallest absolute Gasteiger partial charge is 0.407 e. The molecule has 0 aliphatic heterocycles. The van der Waals surface area contributed by atoms with Crippen LogP contribution in [0, 0.1) is 6.57 Å². The Labute approximate surface area is 238 Å². The van der Waals surface area contributed by atoms with E-state index in [9.17, 15) is 4.79 Å². The highest BCUT2D eigenvalue weighted by atomic mass is 32.1. The van der Waals surface area contributed by atoms with E-state index in [0.29, 0.717) is 12.3 Å². The number of nitrogens with one attached hydrogen (secondary N) is 1. The molecule has 2 heterocycles. The number of alkyl carbamates (subject to hydrolysis) is 1. The average molecular weight is 573 g/mol. The van der Waals surface area contributed by atoms with E-state index >= 15 is 0 Å². The minimum atomic E-state index is -2.05. The lowest BCUT2D eigenvalue weighted by atomic mass is 9.93. The third-order valence-electron chi connectivity index (χ3n) is 8.24. The topological polar surface area (TPSA) is 86.9 Å². The van der Waals surface area contributed by atoms with Crippen molar-refractivity contribution in [3.8, 4) is 5.88 Å². The Morgan fingerprint density at radius 3 is 2.46 bits per heavy atom. The third-order valence-corrected chi connectivity index (χ3v) is 13.9. The standard InChI is InChI=1S/C29H44N4O4SSi/c1-28(2,3)36-27(34)33-19-11-13-20(14-12-19)35-25-24-23-18(10-15-21(23)38-26(24)32-17-31-25)16-22(30-7)37-39(8,9)29(4,5)6/h17-20,22H,10-16H2,1-6,8-9H3,(H,33,34)/t18-,19?,20?,22?/m1/s1. The molecule has 1 saturated carbocycles. The first kappa shape index (κ1) is 29.8. The molecule has 10 heteroatoms. The van der Waals surface area contributed by atoms with Crippen LogP contribution in [0.15, 0.2) is 6.33 Å². The summed E-state index contributed by atoms with van der Waals surface area (Å²) in [6.07, 6.45) is 6.85. The van der Waals surface area contributed by atoms with E-state index in [1.165, 1.54) is 10.4 Å². The van der Waals surface area contributed by atoms with Gasteiger partial charge in [-0.2, -0.15) is 0 Å². The summed E-state index contributed by atoms with van der Waals surface area (Å²) in [5, 5.41) is 4.08. The molecule has 39 heavy (non-hydrogen) atoms. The van der Waals surface area contributed by atoms with Crippen LogP contribution in [-0.4, -0.2) is 48.4 Å². The number of hydrogen-bond donors (Lipinski definition) is 1. The number of carbonyl (C=O) groups is 1. The van der Waals surface area contributed by atoms with Crippen LogP contribution in [0.4, 0.5) is 4.79 Å². The first-order valence-electron chi connectivity index (χ1n) is 14.1. The summed E-state index contributed by atoms with van der Waals surface area (Å²) in [6.45, 7) is 24.5. The molecule has 4 rings (SSSR count). The molecule has 2 aromatic heterocycles. The molecule has 1 N–H and O–H groups in total. The number of ether oxygens (including phenoxy) is 2. The fourth-order valence-corrected chi connectivity index (χ4v) is 7.62. The maximum Gasteiger partial charge on any atom is 0.407 e. The minimum absolute atomic E-state index is 0.0353. The van der Waals surface area contributed by atoms with Gasteiger partial charge in [0.05, 0.1) is 11.8 Å². The largest absolute Gasteiger partial charge is 0.474 e. The molecule has 1 fully saturated rings. The highest BCUT2D eigenvalue weighted by molar-refractivity contribution is 7.19. The summed E-state index contributed by atoms with van der Waals surface area (Å²) in [5.41, 5.74) is 0.755. The van der Waals surface area contributed by atoms with Crippen LogP contribution >= 0.6 is 11.3 Å². The van der Waals surface area contributed by atoms with E-state index in [4.69, 9.17) is 20.5 Å². The summed E-state index contributed by atoms with van der Waals surface area (Å²) >= 11 is 1.73. The van der Waals surface area contributed by atoms with Gasteiger partial charge in [-0.3, -0.25) is 4.85 Å². The molecule has 0 saturated heterocycles. The Kier molecular flexibility index (Phi) is 8.65. The molecule has 2 aliphatic carbocycles. The van der Waals surface area contributed by atoms with Crippen molar-refractivity contribution in [1.82, 2.24) is 15.3 Å². The summed E-state index contributed by atoms with van der Waals surface area (Å²) < 4.78 is 18.4. The number of nitrogens with zero attached hydrogens (tertiary/aromatic N) is 3. The van der Waals surface area contributed by atoms with Crippen LogP contribution in [0.3, 0.4) is 0 Å². The summed E-state index contributed by atoms with van der Waals surface area (Å²) in [5.74, 6) is 0.886. The first-order chi connectivity index (χ1) is 18.2. The molecule has 0 bridgehead atoms. The third kappa shape index (κ3) is 7.11. The van der Waals surface area contributed by atoms with Gasteiger partial charge in [0.15, 0.2) is 0 Å². The van der Waals surface area contributed by atoms with Gasteiger partial charge >= 0.3 is 12.3 Å². The van der Waals surface area contributed by atoms with Gasteiger partial charge < -0.3 is 19.2 Å². The molecule has 1 unspecified atom stereocenters. The summed E-state index contributed by atoms with van der Waals surface area (Å²) in [6, 6.07) is 0.0892. The lowest BCUT2D eigenvalue weighted by molar-refractivity contribution is 0.0470. The molecule has 2 aromatic rings. The van der Waals surface area contributed by atoms with Crippen molar-refractivity contribution in [2.45, 2.75) is 135 Å². The maximum atomic E-state index is 12.2. The van der Waals surface area contributed by atoms with E-state index in [-0.39, 0.29) is 29.2 Å². The lowest BCUT2D eigenvalue weighted by Gasteiger charge is -2.36. The molecule has 8 nitrogen and oxygen atoms in total. The minimum Gasteiger partial charge on any atom is -0.474 e. The number of rotatable bonds is 7. The Balaban J connectivity index is 1.45. The molecule has 0 aromatic carbocycles. The molecule has 214 valence electrons. The number of amides is 1. The highest BCUT2D eigenvalue weighted by Gasteiger charge is 2.42. The summed E-state index contributed by atoms with van der Waals surface area (Å²) in [4.78, 5) is 27.5. The monoisotopic (exact) mass is 572 g/mol. The van der Waals surface area contributed by atoms with Crippen LogP contribution in [0.25, 0.3) is 15.1 Å². The molecule has 1 amide bonds. The SMILES string of the molecule is [C-]#[N+]C(C[C@H]1CCc2sc3ncnc(OC4CCC(NC(=O)OC(C)(C)C)CC4)c3c21)O[Si](C)(C)C(C)(C)C. The number of aryl methyl sites for hydroxylation is 1. The van der Waals surface area contributed by atoms with Crippen LogP contribution in [0.5, 0.6) is 5.88 Å². The normalized spacial score (nSPS) is 22.7. The van der Waals surface area contributed by atoms with Crippen LogP contribution in [0.2, 0.25) is 18.1 Å². The maximum absolute atomic E-state index is 12.2. The van der Waals surface area contributed by atoms with Gasteiger partial charge in [0, 0.05) is 10.9 Å². The average Bonchev–Trinajstić information content (AvgIpc) is 3.37. The Bertz CT molecular complexity index is 1220. The van der Waals surface area contributed by atoms with Gasteiger partial charge in [-0.05, 0) is 88.9 Å². The van der Waals surface area contributed by atoms with E-state index in [2.05, 4.69) is 54.0 Å². The van der Waals surface area contributed by atoms with Crippen LogP contribution < -0.4 is 10.1 Å². The lowest BCUT2D eigenvalue weighted by Crippen LogP contribution is -2.43. The number of hydrogen-bond acceptors (Lipinski definition) is 7. The van der Waals surface area contributed by atoms with Crippen molar-refractivity contribution in [1.29, 1.82) is 0 Å². The van der Waals surface area contributed by atoms with E-state index < -0.39 is 20.1 Å². The Hall–Kier alpha value is -2.22. The highest BCUT2D eigenvalue weighted by Crippen LogP contribution is 2.48. The van der Waals surface area contributed by atoms with Crippen molar-refractivity contribution in [3.05, 3.63) is 28.2 Å². The van der Waals surface area contributed by atoms with Gasteiger partial charge in [-0.25, -0.2) is 21.3 Å². The zero-order chi connectivity index (χ0) is 28.6. The number of thiophene rings is 1. The predicted octanol–water partition coefficient (Wildman–Crippen LogP) is 7.59. The van der Waals surface area contributed by atoms with Crippen LogP contribution in [0.1, 0.15) is 96.4 Å². The van der Waals surface area contributed by atoms with Gasteiger partial charge in [0.25, 0.3) is 0 Å². The quantitative estimate of drug-likeness (QED) is 0.272. The van der Waals surface area contributed by atoms with Gasteiger partial charge in [-0.15, -0.1) is 11.3 Å². The van der Waals surface area contributed by atoms with Crippen molar-refractivity contribution >= 4 is 36.0 Å². The van der Waals surface area contributed by atoms with Crippen LogP contribution in [-0.2, 0) is 15.6 Å². The van der Waals surface area contributed by atoms with Crippen molar-refractivity contribution < 1.29 is 18.7 Å². The number of aromatic nitrogens is 2. The summed E-state index contributed by atoms with van der Waals surface area (Å²) in [7, 11) is -2.05. The Morgan fingerprint density at radius 1 is 1.15 bits per heavy atom. The van der Waals surface area contributed by atoms with Gasteiger partial charge in [0.2, 0.25) is 14.2 Å². The first-order valence-corrected chi connectivity index (χ1v) is 17.9. The fraction of sp³-hybridized carbons (Fsp3) is 0.724. The fourth-order valence-electron chi connectivity index (χ4n) is 5.21. The van der Waals surface area contributed by atoms with Crippen molar-refractivity contribution in [3.63, 3.8) is 0 Å². The van der Waals surface area contributed by atoms with Gasteiger partial charge in [-0.1, -0.05) is 20.8 Å². The second kappa shape index (κ2) is 11.3. The van der Waals surface area contributed by atoms with Gasteiger partial charge in [0.1, 0.15) is 22.9 Å². The van der Waals surface area contributed by atoms with E-state index in [1.54, 1.807) is 17.7 Å².